The van der Waals surface area contributed by atoms with Crippen molar-refractivity contribution in [3.05, 3.63) is 96.8 Å². The molecule has 32 heavy (non-hydrogen) atoms. The Bertz CT molecular complexity index is 1120. The zero-order valence-corrected chi connectivity index (χ0v) is 17.5. The molecule has 0 bridgehead atoms. The maximum atomic E-state index is 13.6. The molecular formula is C24H23N7O. The number of rotatable bonds is 5. The Morgan fingerprint density at radius 2 is 1.41 bits per heavy atom. The van der Waals surface area contributed by atoms with E-state index >= 15 is 0 Å². The van der Waals surface area contributed by atoms with Gasteiger partial charge in [-0.2, -0.15) is 5.10 Å². The van der Waals surface area contributed by atoms with Gasteiger partial charge in [0.25, 0.3) is 0 Å². The molecule has 160 valence electrons. The number of amides is 1. The van der Waals surface area contributed by atoms with Gasteiger partial charge in [0, 0.05) is 32.2 Å². The van der Waals surface area contributed by atoms with Gasteiger partial charge in [0.1, 0.15) is 24.8 Å². The van der Waals surface area contributed by atoms with Gasteiger partial charge in [-0.25, -0.2) is 19.6 Å². The number of piperazine rings is 1. The number of carbonyl (C=O) groups excluding carboxylic acids is 1. The van der Waals surface area contributed by atoms with E-state index in [1.807, 2.05) is 71.6 Å². The molecule has 0 aliphatic carbocycles. The monoisotopic (exact) mass is 425 g/mol. The lowest BCUT2D eigenvalue weighted by molar-refractivity contribution is -0.132. The van der Waals surface area contributed by atoms with Gasteiger partial charge in [0.15, 0.2) is 5.82 Å². The maximum absolute atomic E-state index is 13.6. The van der Waals surface area contributed by atoms with Crippen molar-refractivity contribution in [2.24, 2.45) is 0 Å². The van der Waals surface area contributed by atoms with Crippen molar-refractivity contribution in [3.63, 3.8) is 0 Å². The van der Waals surface area contributed by atoms with Gasteiger partial charge in [0.05, 0.1) is 5.92 Å². The SMILES string of the molecule is O=C(C(c1ccccc1)c1ccccc1)N1CCN(c2cc(-n3cncn3)ncn2)CC1. The van der Waals surface area contributed by atoms with Crippen LogP contribution in [0.2, 0.25) is 0 Å². The first-order chi connectivity index (χ1) is 15.8. The molecule has 1 aliphatic heterocycles. The highest BCUT2D eigenvalue weighted by molar-refractivity contribution is 5.87. The van der Waals surface area contributed by atoms with Crippen LogP contribution in [-0.4, -0.2) is 61.7 Å². The summed E-state index contributed by atoms with van der Waals surface area (Å²) in [6.45, 7) is 2.68. The Morgan fingerprint density at radius 3 is 2.00 bits per heavy atom. The molecule has 5 rings (SSSR count). The molecule has 0 unspecified atom stereocenters. The average molecular weight is 425 g/mol. The molecule has 3 heterocycles. The second-order valence-corrected chi connectivity index (χ2v) is 7.64. The predicted molar refractivity (Wildman–Crippen MR) is 120 cm³/mol. The second kappa shape index (κ2) is 8.97. The molecule has 1 fully saturated rings. The van der Waals surface area contributed by atoms with Crippen molar-refractivity contribution in [1.82, 2.24) is 29.6 Å². The van der Waals surface area contributed by atoms with Crippen LogP contribution in [0.15, 0.2) is 85.7 Å². The predicted octanol–water partition coefficient (Wildman–Crippen LogP) is 2.54. The Labute approximate surface area is 186 Å². The quantitative estimate of drug-likeness (QED) is 0.489. The minimum atomic E-state index is -0.304. The fourth-order valence-corrected chi connectivity index (χ4v) is 4.07. The molecule has 0 N–H and O–H groups in total. The van der Waals surface area contributed by atoms with Crippen molar-refractivity contribution in [3.8, 4) is 5.82 Å². The van der Waals surface area contributed by atoms with Gasteiger partial charge in [-0.1, -0.05) is 60.7 Å². The molecular weight excluding hydrogens is 402 g/mol. The van der Waals surface area contributed by atoms with E-state index < -0.39 is 0 Å². The third kappa shape index (κ3) is 4.07. The van der Waals surface area contributed by atoms with E-state index in [1.54, 1.807) is 11.0 Å². The summed E-state index contributed by atoms with van der Waals surface area (Å²) in [5.74, 6) is 1.31. The van der Waals surface area contributed by atoms with Gasteiger partial charge in [-0.3, -0.25) is 4.79 Å². The van der Waals surface area contributed by atoms with Crippen LogP contribution < -0.4 is 4.90 Å². The number of benzene rings is 2. The minimum absolute atomic E-state index is 0.132. The highest BCUT2D eigenvalue weighted by Gasteiger charge is 2.30. The highest BCUT2D eigenvalue weighted by Crippen LogP contribution is 2.27. The number of hydrogen-bond acceptors (Lipinski definition) is 6. The van der Waals surface area contributed by atoms with E-state index in [-0.39, 0.29) is 11.8 Å². The Hall–Kier alpha value is -4.07. The molecule has 2 aromatic carbocycles. The van der Waals surface area contributed by atoms with Crippen LogP contribution in [0.1, 0.15) is 17.0 Å². The van der Waals surface area contributed by atoms with Crippen molar-refractivity contribution in [1.29, 1.82) is 0 Å². The summed E-state index contributed by atoms with van der Waals surface area (Å²) >= 11 is 0. The number of aromatic nitrogens is 5. The first kappa shape index (κ1) is 19.9. The molecule has 0 saturated carbocycles. The van der Waals surface area contributed by atoms with Crippen molar-refractivity contribution >= 4 is 11.7 Å². The van der Waals surface area contributed by atoms with E-state index in [2.05, 4.69) is 25.0 Å². The second-order valence-electron chi connectivity index (χ2n) is 7.64. The van der Waals surface area contributed by atoms with Crippen LogP contribution in [0.3, 0.4) is 0 Å². The molecule has 0 radical (unpaired) electrons. The minimum Gasteiger partial charge on any atom is -0.353 e. The number of nitrogens with zero attached hydrogens (tertiary/aromatic N) is 7. The first-order valence-electron chi connectivity index (χ1n) is 10.6. The smallest absolute Gasteiger partial charge is 0.234 e. The largest absolute Gasteiger partial charge is 0.353 e. The van der Waals surface area contributed by atoms with Crippen molar-refractivity contribution in [2.75, 3.05) is 31.1 Å². The molecule has 8 nitrogen and oxygen atoms in total. The summed E-state index contributed by atoms with van der Waals surface area (Å²) in [7, 11) is 0. The third-order valence-electron chi connectivity index (χ3n) is 5.72. The molecule has 1 saturated heterocycles. The fraction of sp³-hybridized carbons (Fsp3) is 0.208. The van der Waals surface area contributed by atoms with Crippen LogP contribution >= 0.6 is 0 Å². The molecule has 8 heteroatoms. The van der Waals surface area contributed by atoms with Gasteiger partial charge in [-0.15, -0.1) is 0 Å². The van der Waals surface area contributed by atoms with Crippen LogP contribution in [0.4, 0.5) is 5.82 Å². The van der Waals surface area contributed by atoms with Crippen molar-refractivity contribution in [2.45, 2.75) is 5.92 Å². The number of hydrogen-bond donors (Lipinski definition) is 0. The summed E-state index contributed by atoms with van der Waals surface area (Å²) in [6.07, 6.45) is 4.61. The maximum Gasteiger partial charge on any atom is 0.234 e. The topological polar surface area (TPSA) is 80.0 Å². The Kier molecular flexibility index (Phi) is 5.57. The first-order valence-corrected chi connectivity index (χ1v) is 10.6. The van der Waals surface area contributed by atoms with Gasteiger partial charge in [-0.05, 0) is 11.1 Å². The zero-order valence-electron chi connectivity index (χ0n) is 17.5. The summed E-state index contributed by atoms with van der Waals surface area (Å²) in [6, 6.07) is 21.9. The van der Waals surface area contributed by atoms with E-state index in [0.717, 1.165) is 16.9 Å². The Morgan fingerprint density at radius 1 is 0.781 bits per heavy atom. The molecule has 1 amide bonds. The van der Waals surface area contributed by atoms with Gasteiger partial charge >= 0.3 is 0 Å². The third-order valence-corrected chi connectivity index (χ3v) is 5.72. The fourth-order valence-electron chi connectivity index (χ4n) is 4.07. The van der Waals surface area contributed by atoms with Crippen LogP contribution in [-0.2, 0) is 4.79 Å². The van der Waals surface area contributed by atoms with Gasteiger partial charge < -0.3 is 9.80 Å². The van der Waals surface area contributed by atoms with E-state index in [4.69, 9.17) is 0 Å². The van der Waals surface area contributed by atoms with Crippen LogP contribution in [0.5, 0.6) is 0 Å². The van der Waals surface area contributed by atoms with Crippen molar-refractivity contribution < 1.29 is 4.79 Å². The standard InChI is InChI=1S/C24H23N7O/c32-24(23(19-7-3-1-4-8-19)20-9-5-2-6-10-20)30-13-11-29(12-14-30)21-15-22(27-17-26-21)31-18-25-16-28-31/h1-10,15-18,23H,11-14H2. The lowest BCUT2D eigenvalue weighted by atomic mass is 9.90. The normalized spacial score (nSPS) is 14.0. The molecule has 4 aromatic rings. The molecule has 2 aromatic heterocycles. The van der Waals surface area contributed by atoms with E-state index in [1.165, 1.54) is 12.7 Å². The van der Waals surface area contributed by atoms with Crippen LogP contribution in [0.25, 0.3) is 5.82 Å². The Balaban J connectivity index is 1.32. The number of anilines is 1. The summed E-state index contributed by atoms with van der Waals surface area (Å²) in [5.41, 5.74) is 2.03. The molecule has 0 atom stereocenters. The van der Waals surface area contributed by atoms with Crippen LogP contribution in [0, 0.1) is 0 Å². The summed E-state index contributed by atoms with van der Waals surface area (Å²) < 4.78 is 1.61. The van der Waals surface area contributed by atoms with Gasteiger partial charge in [0.2, 0.25) is 5.91 Å². The summed E-state index contributed by atoms with van der Waals surface area (Å²) in [4.78, 5) is 30.4. The lowest BCUT2D eigenvalue weighted by Gasteiger charge is -2.37. The van der Waals surface area contributed by atoms with E-state index in [9.17, 15) is 4.79 Å². The zero-order chi connectivity index (χ0) is 21.8. The molecule has 1 aliphatic rings. The summed E-state index contributed by atoms with van der Waals surface area (Å²) in [5, 5.41) is 4.13. The average Bonchev–Trinajstić information content (AvgIpc) is 3.41. The lowest BCUT2D eigenvalue weighted by Crippen LogP contribution is -2.50. The van der Waals surface area contributed by atoms with E-state index in [0.29, 0.717) is 32.0 Å². The number of carbonyl (C=O) groups is 1. The molecule has 0 spiro atoms. The highest BCUT2D eigenvalue weighted by atomic mass is 16.2.